The van der Waals surface area contributed by atoms with Crippen LogP contribution in [0.3, 0.4) is 0 Å². The predicted molar refractivity (Wildman–Crippen MR) is 98.8 cm³/mol. The molecule has 3 aromatic heterocycles. The Morgan fingerprint density at radius 1 is 1.38 bits per heavy atom. The minimum Gasteiger partial charge on any atom is -0.341 e. The Labute approximate surface area is 148 Å². The SMILES string of the molecule is Cc1sc2ncn(CCC(=O)N(C)Cc3ccsc3)c(=O)c2c1C. The highest BCUT2D eigenvalue weighted by atomic mass is 32.1. The van der Waals surface area contributed by atoms with Gasteiger partial charge in [-0.2, -0.15) is 11.3 Å². The van der Waals surface area contributed by atoms with Crippen LogP contribution in [0, 0.1) is 13.8 Å². The normalized spacial score (nSPS) is 11.1. The van der Waals surface area contributed by atoms with E-state index in [2.05, 4.69) is 4.98 Å². The first kappa shape index (κ1) is 16.9. The number of aromatic nitrogens is 2. The first-order valence-corrected chi connectivity index (χ1v) is 9.43. The first-order chi connectivity index (χ1) is 11.5. The van der Waals surface area contributed by atoms with E-state index < -0.39 is 0 Å². The first-order valence-electron chi connectivity index (χ1n) is 7.67. The molecule has 0 unspecified atom stereocenters. The van der Waals surface area contributed by atoms with E-state index in [0.29, 0.717) is 18.5 Å². The number of hydrogen-bond donors (Lipinski definition) is 0. The Balaban J connectivity index is 1.71. The van der Waals surface area contributed by atoms with E-state index in [0.717, 1.165) is 20.8 Å². The number of carbonyl (C=O) groups is 1. The van der Waals surface area contributed by atoms with Crippen molar-refractivity contribution in [2.45, 2.75) is 33.4 Å². The minimum atomic E-state index is -0.0601. The number of carbonyl (C=O) groups excluding carboxylic acids is 1. The van der Waals surface area contributed by atoms with Crippen molar-refractivity contribution in [1.29, 1.82) is 0 Å². The topological polar surface area (TPSA) is 55.2 Å². The Bertz CT molecular complexity index is 925. The van der Waals surface area contributed by atoms with Crippen LogP contribution in [0.4, 0.5) is 0 Å². The highest BCUT2D eigenvalue weighted by molar-refractivity contribution is 7.18. The molecule has 126 valence electrons. The van der Waals surface area contributed by atoms with Gasteiger partial charge in [0, 0.05) is 31.4 Å². The lowest BCUT2D eigenvalue weighted by molar-refractivity contribution is -0.130. The fourth-order valence-electron chi connectivity index (χ4n) is 2.58. The molecule has 3 rings (SSSR count). The Kier molecular flexibility index (Phi) is 4.82. The number of fused-ring (bicyclic) bond motifs is 1. The van der Waals surface area contributed by atoms with Crippen molar-refractivity contribution in [2.75, 3.05) is 7.05 Å². The van der Waals surface area contributed by atoms with Crippen LogP contribution in [-0.2, 0) is 17.9 Å². The maximum atomic E-state index is 12.6. The maximum Gasteiger partial charge on any atom is 0.262 e. The molecule has 0 aliphatic carbocycles. The molecule has 3 heterocycles. The zero-order chi connectivity index (χ0) is 17.3. The van der Waals surface area contributed by atoms with Crippen LogP contribution < -0.4 is 5.56 Å². The fourth-order valence-corrected chi connectivity index (χ4v) is 4.23. The van der Waals surface area contributed by atoms with Crippen molar-refractivity contribution in [3.05, 3.63) is 49.5 Å². The summed E-state index contributed by atoms with van der Waals surface area (Å²) in [5.41, 5.74) is 2.05. The van der Waals surface area contributed by atoms with Crippen LogP contribution in [0.2, 0.25) is 0 Å². The summed E-state index contributed by atoms with van der Waals surface area (Å²) in [6.45, 7) is 4.88. The lowest BCUT2D eigenvalue weighted by Crippen LogP contribution is -2.29. The molecular weight excluding hydrogens is 342 g/mol. The molecule has 1 amide bonds. The van der Waals surface area contributed by atoms with Crippen molar-refractivity contribution in [2.24, 2.45) is 0 Å². The Morgan fingerprint density at radius 2 is 2.17 bits per heavy atom. The predicted octanol–water partition coefficient (Wildman–Crippen LogP) is 3.19. The summed E-state index contributed by atoms with van der Waals surface area (Å²) in [5, 5.41) is 4.71. The van der Waals surface area contributed by atoms with E-state index in [1.165, 1.54) is 15.9 Å². The third-order valence-electron chi connectivity index (χ3n) is 4.15. The molecule has 3 aromatic rings. The van der Waals surface area contributed by atoms with Crippen molar-refractivity contribution in [3.8, 4) is 0 Å². The molecule has 24 heavy (non-hydrogen) atoms. The molecule has 0 aliphatic heterocycles. The largest absolute Gasteiger partial charge is 0.341 e. The molecule has 0 bridgehead atoms. The van der Waals surface area contributed by atoms with Gasteiger partial charge in [0.05, 0.1) is 11.7 Å². The summed E-state index contributed by atoms with van der Waals surface area (Å²) in [6, 6.07) is 2.01. The standard InChI is InChI=1S/C17H19N3O2S2/c1-11-12(2)24-16-15(11)17(22)20(10-18-16)6-4-14(21)19(3)8-13-5-7-23-9-13/h5,7,9-10H,4,6,8H2,1-3H3. The highest BCUT2D eigenvalue weighted by Crippen LogP contribution is 2.25. The molecule has 0 N–H and O–H groups in total. The summed E-state index contributed by atoms with van der Waals surface area (Å²) < 4.78 is 1.54. The highest BCUT2D eigenvalue weighted by Gasteiger charge is 2.14. The zero-order valence-electron chi connectivity index (χ0n) is 13.9. The maximum absolute atomic E-state index is 12.6. The molecule has 0 spiro atoms. The molecule has 5 nitrogen and oxygen atoms in total. The number of hydrogen-bond acceptors (Lipinski definition) is 5. The van der Waals surface area contributed by atoms with Crippen LogP contribution in [0.5, 0.6) is 0 Å². The Hall–Kier alpha value is -1.99. The van der Waals surface area contributed by atoms with Gasteiger partial charge in [0.1, 0.15) is 4.83 Å². The molecule has 0 radical (unpaired) electrons. The molecule has 7 heteroatoms. The average molecular weight is 361 g/mol. The zero-order valence-corrected chi connectivity index (χ0v) is 15.5. The molecule has 0 atom stereocenters. The summed E-state index contributed by atoms with van der Waals surface area (Å²) in [5.74, 6) is 0.0198. The number of amides is 1. The Morgan fingerprint density at radius 3 is 2.88 bits per heavy atom. The quantitative estimate of drug-likeness (QED) is 0.701. The summed E-state index contributed by atoms with van der Waals surface area (Å²) in [7, 11) is 1.79. The van der Waals surface area contributed by atoms with Crippen LogP contribution >= 0.6 is 22.7 Å². The lowest BCUT2D eigenvalue weighted by Gasteiger charge is -2.16. The second-order valence-electron chi connectivity index (χ2n) is 5.84. The third-order valence-corrected chi connectivity index (χ3v) is 6.00. The van der Waals surface area contributed by atoms with Gasteiger partial charge in [-0.1, -0.05) is 0 Å². The molecule has 0 aromatic carbocycles. The summed E-state index contributed by atoms with van der Waals surface area (Å²) in [6.07, 6.45) is 1.84. The lowest BCUT2D eigenvalue weighted by atomic mass is 10.2. The number of thiophene rings is 2. The van der Waals surface area contributed by atoms with Gasteiger partial charge in [-0.05, 0) is 41.8 Å². The van der Waals surface area contributed by atoms with Gasteiger partial charge in [-0.15, -0.1) is 11.3 Å². The van der Waals surface area contributed by atoms with Gasteiger partial charge >= 0.3 is 0 Å². The van der Waals surface area contributed by atoms with Crippen LogP contribution in [0.25, 0.3) is 10.2 Å². The molecule has 0 saturated carbocycles. The minimum absolute atomic E-state index is 0.0198. The number of nitrogens with zero attached hydrogens (tertiary/aromatic N) is 3. The smallest absolute Gasteiger partial charge is 0.262 e. The van der Waals surface area contributed by atoms with Crippen molar-refractivity contribution >= 4 is 38.8 Å². The van der Waals surface area contributed by atoms with E-state index in [-0.39, 0.29) is 17.9 Å². The van der Waals surface area contributed by atoms with Crippen molar-refractivity contribution in [1.82, 2.24) is 14.5 Å². The molecular formula is C17H19N3O2S2. The van der Waals surface area contributed by atoms with Crippen LogP contribution in [0.15, 0.2) is 27.9 Å². The van der Waals surface area contributed by atoms with Crippen LogP contribution in [-0.4, -0.2) is 27.4 Å². The van der Waals surface area contributed by atoms with Crippen molar-refractivity contribution < 1.29 is 4.79 Å². The second kappa shape index (κ2) is 6.86. The van der Waals surface area contributed by atoms with Gasteiger partial charge < -0.3 is 4.90 Å². The van der Waals surface area contributed by atoms with Gasteiger partial charge in [0.2, 0.25) is 5.91 Å². The third kappa shape index (κ3) is 3.27. The molecule has 0 aliphatic rings. The monoisotopic (exact) mass is 361 g/mol. The van der Waals surface area contributed by atoms with Crippen molar-refractivity contribution in [3.63, 3.8) is 0 Å². The van der Waals surface area contributed by atoms with E-state index >= 15 is 0 Å². The van der Waals surface area contributed by atoms with E-state index in [1.54, 1.807) is 29.6 Å². The fraction of sp³-hybridized carbons (Fsp3) is 0.353. The summed E-state index contributed by atoms with van der Waals surface area (Å²) in [4.78, 5) is 32.8. The van der Waals surface area contributed by atoms with Gasteiger partial charge in [-0.3, -0.25) is 14.2 Å². The molecule has 0 saturated heterocycles. The second-order valence-corrected chi connectivity index (χ2v) is 7.82. The summed E-state index contributed by atoms with van der Waals surface area (Å²) >= 11 is 3.15. The average Bonchev–Trinajstić information content (AvgIpc) is 3.15. The van der Waals surface area contributed by atoms with Gasteiger partial charge in [0.15, 0.2) is 0 Å². The van der Waals surface area contributed by atoms with E-state index in [4.69, 9.17) is 0 Å². The van der Waals surface area contributed by atoms with Crippen LogP contribution in [0.1, 0.15) is 22.4 Å². The van der Waals surface area contributed by atoms with E-state index in [1.807, 2.05) is 30.7 Å². The number of aryl methyl sites for hydroxylation is 3. The van der Waals surface area contributed by atoms with Gasteiger partial charge in [-0.25, -0.2) is 4.98 Å². The van der Waals surface area contributed by atoms with Gasteiger partial charge in [0.25, 0.3) is 5.56 Å². The van der Waals surface area contributed by atoms with E-state index in [9.17, 15) is 9.59 Å². The number of rotatable bonds is 5. The molecule has 0 fully saturated rings.